The van der Waals surface area contributed by atoms with Crippen LogP contribution in [0, 0.1) is 6.92 Å². The van der Waals surface area contributed by atoms with Crippen molar-refractivity contribution in [2.75, 3.05) is 17.9 Å². The summed E-state index contributed by atoms with van der Waals surface area (Å²) in [7, 11) is -3.78. The minimum atomic E-state index is -3.78. The molecule has 2 rings (SSSR count). The number of rotatable bonds is 7. The number of amides is 1. The maximum atomic E-state index is 12.5. The van der Waals surface area contributed by atoms with Gasteiger partial charge < -0.3 is 10.1 Å². The second kappa shape index (κ2) is 8.50. The van der Waals surface area contributed by atoms with Crippen LogP contribution in [0.2, 0.25) is 5.02 Å². The van der Waals surface area contributed by atoms with Gasteiger partial charge in [-0.05, 0) is 31.5 Å². The molecule has 0 saturated heterocycles. The van der Waals surface area contributed by atoms with Gasteiger partial charge in [-0.2, -0.15) is 0 Å². The molecule has 0 spiro atoms. The average molecular weight is 404 g/mol. The Hall–Kier alpha value is -1.84. The van der Waals surface area contributed by atoms with Crippen LogP contribution in [0.4, 0.5) is 9.93 Å². The normalized spacial score (nSPS) is 11.2. The highest BCUT2D eigenvalue weighted by molar-refractivity contribution is 7.93. The van der Waals surface area contributed by atoms with E-state index in [9.17, 15) is 13.2 Å². The molecule has 0 bridgehead atoms. The SMILES string of the molecule is CCNC(=O)OCCc1csc(NS(=O)(=O)c2cccc(Cl)c2C)n1. The smallest absolute Gasteiger partial charge is 0.407 e. The Balaban J connectivity index is 2.00. The van der Waals surface area contributed by atoms with Crippen LogP contribution in [0.3, 0.4) is 0 Å². The number of anilines is 1. The van der Waals surface area contributed by atoms with Crippen molar-refractivity contribution in [2.24, 2.45) is 0 Å². The van der Waals surface area contributed by atoms with Crippen molar-refractivity contribution in [1.29, 1.82) is 0 Å². The summed E-state index contributed by atoms with van der Waals surface area (Å²) < 4.78 is 32.4. The molecule has 2 aromatic rings. The van der Waals surface area contributed by atoms with Gasteiger partial charge in [0.25, 0.3) is 10.0 Å². The standard InChI is InChI=1S/C15H18ClN3O4S2/c1-3-17-15(20)23-8-7-11-9-24-14(18-11)19-25(21,22)13-6-4-5-12(16)10(13)2/h4-6,9H,3,7-8H2,1-2H3,(H,17,20)(H,18,19). The van der Waals surface area contributed by atoms with E-state index in [2.05, 4.69) is 15.0 Å². The molecule has 0 atom stereocenters. The molecule has 0 aliphatic rings. The number of nitrogens with zero attached hydrogens (tertiary/aromatic N) is 1. The summed E-state index contributed by atoms with van der Waals surface area (Å²) in [4.78, 5) is 15.5. The summed E-state index contributed by atoms with van der Waals surface area (Å²) in [6.45, 7) is 4.09. The number of hydrogen-bond donors (Lipinski definition) is 2. The summed E-state index contributed by atoms with van der Waals surface area (Å²) in [6.07, 6.45) is -0.0963. The number of halogens is 1. The zero-order valence-corrected chi connectivity index (χ0v) is 16.1. The lowest BCUT2D eigenvalue weighted by Crippen LogP contribution is -2.24. The molecule has 136 valence electrons. The fraction of sp³-hybridized carbons (Fsp3) is 0.333. The van der Waals surface area contributed by atoms with Gasteiger partial charge in [-0.15, -0.1) is 11.3 Å². The Bertz CT molecular complexity index is 852. The van der Waals surface area contributed by atoms with E-state index in [-0.39, 0.29) is 16.6 Å². The quantitative estimate of drug-likeness (QED) is 0.739. The van der Waals surface area contributed by atoms with Crippen molar-refractivity contribution in [3.8, 4) is 0 Å². The van der Waals surface area contributed by atoms with E-state index in [1.807, 2.05) is 0 Å². The molecule has 10 heteroatoms. The number of benzene rings is 1. The third kappa shape index (κ3) is 5.32. The van der Waals surface area contributed by atoms with E-state index in [0.29, 0.717) is 29.2 Å². The molecular weight excluding hydrogens is 386 g/mol. The molecular formula is C15H18ClN3O4S2. The maximum absolute atomic E-state index is 12.5. The molecule has 0 fully saturated rings. The van der Waals surface area contributed by atoms with Crippen LogP contribution in [0.5, 0.6) is 0 Å². The number of carbonyl (C=O) groups excluding carboxylic acids is 1. The molecule has 1 aromatic carbocycles. The lowest BCUT2D eigenvalue weighted by Gasteiger charge is -2.09. The van der Waals surface area contributed by atoms with Gasteiger partial charge in [-0.3, -0.25) is 4.72 Å². The molecule has 2 N–H and O–H groups in total. The Morgan fingerprint density at radius 3 is 2.88 bits per heavy atom. The zero-order chi connectivity index (χ0) is 18.4. The van der Waals surface area contributed by atoms with Crippen LogP contribution in [-0.4, -0.2) is 32.6 Å². The van der Waals surface area contributed by atoms with Crippen LogP contribution in [0.1, 0.15) is 18.2 Å². The predicted octanol–water partition coefficient (Wildman–Crippen LogP) is 3.19. The van der Waals surface area contributed by atoms with Gasteiger partial charge in [0, 0.05) is 23.4 Å². The van der Waals surface area contributed by atoms with Crippen molar-refractivity contribution in [3.05, 3.63) is 39.9 Å². The van der Waals surface area contributed by atoms with Crippen molar-refractivity contribution in [1.82, 2.24) is 10.3 Å². The third-order valence-electron chi connectivity index (χ3n) is 3.19. The molecule has 1 aromatic heterocycles. The number of aromatic nitrogens is 1. The van der Waals surface area contributed by atoms with E-state index < -0.39 is 16.1 Å². The Labute approximate surface area is 155 Å². The summed E-state index contributed by atoms with van der Waals surface area (Å²) in [5.74, 6) is 0. The number of sulfonamides is 1. The van der Waals surface area contributed by atoms with Crippen molar-refractivity contribution >= 4 is 44.2 Å². The fourth-order valence-corrected chi connectivity index (χ4v) is 4.46. The monoisotopic (exact) mass is 403 g/mol. The topological polar surface area (TPSA) is 97.4 Å². The lowest BCUT2D eigenvalue weighted by molar-refractivity contribution is 0.148. The molecule has 1 amide bonds. The lowest BCUT2D eigenvalue weighted by atomic mass is 10.2. The van der Waals surface area contributed by atoms with Gasteiger partial charge in [-0.25, -0.2) is 18.2 Å². The highest BCUT2D eigenvalue weighted by atomic mass is 35.5. The second-order valence-corrected chi connectivity index (χ2v) is 7.94. The minimum absolute atomic E-state index is 0.108. The molecule has 0 aliphatic carbocycles. The van der Waals surface area contributed by atoms with Gasteiger partial charge in [0.15, 0.2) is 5.13 Å². The fourth-order valence-electron chi connectivity index (χ4n) is 1.96. The first-order valence-electron chi connectivity index (χ1n) is 7.46. The van der Waals surface area contributed by atoms with Crippen LogP contribution >= 0.6 is 22.9 Å². The van der Waals surface area contributed by atoms with Crippen molar-refractivity contribution in [2.45, 2.75) is 25.2 Å². The van der Waals surface area contributed by atoms with Gasteiger partial charge >= 0.3 is 6.09 Å². The van der Waals surface area contributed by atoms with Crippen LogP contribution in [-0.2, 0) is 21.2 Å². The first kappa shape index (κ1) is 19.5. The van der Waals surface area contributed by atoms with E-state index in [4.69, 9.17) is 16.3 Å². The van der Waals surface area contributed by atoms with Gasteiger partial charge in [-0.1, -0.05) is 17.7 Å². The van der Waals surface area contributed by atoms with Gasteiger partial charge in [0.05, 0.1) is 17.2 Å². The van der Waals surface area contributed by atoms with Crippen LogP contribution in [0.25, 0.3) is 0 Å². The molecule has 1 heterocycles. The van der Waals surface area contributed by atoms with Crippen molar-refractivity contribution < 1.29 is 17.9 Å². The molecule has 0 radical (unpaired) electrons. The molecule has 25 heavy (non-hydrogen) atoms. The van der Waals surface area contributed by atoms with E-state index >= 15 is 0 Å². The largest absolute Gasteiger partial charge is 0.449 e. The van der Waals surface area contributed by atoms with Crippen LogP contribution in [0.15, 0.2) is 28.5 Å². The zero-order valence-electron chi connectivity index (χ0n) is 13.7. The summed E-state index contributed by atoms with van der Waals surface area (Å²) in [5, 5.41) is 4.85. The second-order valence-electron chi connectivity index (χ2n) is 5.03. The van der Waals surface area contributed by atoms with Gasteiger partial charge in [0.1, 0.15) is 0 Å². The van der Waals surface area contributed by atoms with Crippen molar-refractivity contribution in [3.63, 3.8) is 0 Å². The number of nitrogens with one attached hydrogen (secondary N) is 2. The highest BCUT2D eigenvalue weighted by Gasteiger charge is 2.19. The van der Waals surface area contributed by atoms with E-state index in [0.717, 1.165) is 11.3 Å². The summed E-state index contributed by atoms with van der Waals surface area (Å²) in [5.41, 5.74) is 1.11. The molecule has 7 nitrogen and oxygen atoms in total. The predicted molar refractivity (Wildman–Crippen MR) is 97.8 cm³/mol. The molecule has 0 unspecified atom stereocenters. The summed E-state index contributed by atoms with van der Waals surface area (Å²) in [6, 6.07) is 4.69. The number of thiazole rings is 1. The third-order valence-corrected chi connectivity index (χ3v) is 6.02. The maximum Gasteiger partial charge on any atom is 0.407 e. The number of alkyl carbamates (subject to hydrolysis) is 1. The molecule has 0 aliphatic heterocycles. The van der Waals surface area contributed by atoms with E-state index in [1.54, 1.807) is 31.4 Å². The first-order chi connectivity index (χ1) is 11.8. The number of hydrogen-bond acceptors (Lipinski definition) is 6. The molecule has 0 saturated carbocycles. The van der Waals surface area contributed by atoms with Crippen LogP contribution < -0.4 is 10.0 Å². The number of carbonyl (C=O) groups is 1. The Morgan fingerprint density at radius 1 is 1.40 bits per heavy atom. The Morgan fingerprint density at radius 2 is 2.16 bits per heavy atom. The highest BCUT2D eigenvalue weighted by Crippen LogP contribution is 2.26. The average Bonchev–Trinajstić information content (AvgIpc) is 2.96. The number of ether oxygens (including phenoxy) is 1. The minimum Gasteiger partial charge on any atom is -0.449 e. The Kier molecular flexibility index (Phi) is 6.63. The van der Waals surface area contributed by atoms with E-state index in [1.165, 1.54) is 6.07 Å². The first-order valence-corrected chi connectivity index (χ1v) is 10.2. The van der Waals surface area contributed by atoms with Gasteiger partial charge in [0.2, 0.25) is 0 Å². The summed E-state index contributed by atoms with van der Waals surface area (Å²) >= 11 is 7.14.